The fourth-order valence-corrected chi connectivity index (χ4v) is 4.22. The number of amides is 4. The monoisotopic (exact) mass is 495 g/mol. The molecule has 2 N–H and O–H groups in total. The largest absolute Gasteiger partial charge is 0.354 e. The van der Waals surface area contributed by atoms with Crippen LogP contribution in [0.5, 0.6) is 0 Å². The summed E-state index contributed by atoms with van der Waals surface area (Å²) in [6.45, 7) is 1.73. The topological polar surface area (TPSA) is 78.5 Å². The number of benzene rings is 2. The zero-order valence-electron chi connectivity index (χ0n) is 15.6. The van der Waals surface area contributed by atoms with Gasteiger partial charge in [0.1, 0.15) is 12.1 Å². The Morgan fingerprint density at radius 1 is 1.24 bits per heavy atom. The summed E-state index contributed by atoms with van der Waals surface area (Å²) in [4.78, 5) is 39.4. The third-order valence-corrected chi connectivity index (χ3v) is 6.24. The van der Waals surface area contributed by atoms with Gasteiger partial charge in [-0.2, -0.15) is 0 Å². The van der Waals surface area contributed by atoms with Gasteiger partial charge in [0.2, 0.25) is 5.91 Å². The number of nitrogens with one attached hydrogen (secondary N) is 2. The molecule has 0 aromatic heterocycles. The lowest BCUT2D eigenvalue weighted by molar-refractivity contribution is -0.134. The molecule has 1 unspecified atom stereocenters. The highest BCUT2D eigenvalue weighted by molar-refractivity contribution is 9.10. The molecule has 0 spiro atoms. The van der Waals surface area contributed by atoms with Gasteiger partial charge in [0.15, 0.2) is 0 Å². The number of hydrogen-bond acceptors (Lipinski definition) is 4. The number of thioether (sulfide) groups is 1. The van der Waals surface area contributed by atoms with E-state index in [1.807, 2.05) is 30.3 Å². The van der Waals surface area contributed by atoms with Crippen molar-refractivity contribution < 1.29 is 14.4 Å². The molecular weight excluding hydrogens is 478 g/mol. The van der Waals surface area contributed by atoms with E-state index in [1.165, 1.54) is 0 Å². The highest BCUT2D eigenvalue weighted by atomic mass is 79.9. The summed E-state index contributed by atoms with van der Waals surface area (Å²) in [5, 5.41) is 6.11. The first-order valence-electron chi connectivity index (χ1n) is 8.85. The summed E-state index contributed by atoms with van der Waals surface area (Å²) in [6.07, 6.45) is 0. The quantitative estimate of drug-likeness (QED) is 0.347. The summed E-state index contributed by atoms with van der Waals surface area (Å²) < 4.78 is 0.799. The number of hydrogen-bond donors (Lipinski definition) is 2. The van der Waals surface area contributed by atoms with Crippen LogP contribution < -0.4 is 10.6 Å². The molecule has 0 aliphatic carbocycles. The van der Waals surface area contributed by atoms with Gasteiger partial charge in [0.25, 0.3) is 5.91 Å². The molecule has 1 atom stereocenters. The van der Waals surface area contributed by atoms with E-state index in [1.54, 1.807) is 36.9 Å². The SMILES string of the molecule is CC1(c2cccc(Br)c2)NC(=O)N(CC(=O)NCCSc2ccc(Cl)cc2)C1=O. The molecule has 6 nitrogen and oxygen atoms in total. The van der Waals surface area contributed by atoms with Crippen molar-refractivity contribution in [3.05, 3.63) is 63.6 Å². The number of nitrogens with zero attached hydrogens (tertiary/aromatic N) is 1. The van der Waals surface area contributed by atoms with E-state index >= 15 is 0 Å². The molecule has 1 fully saturated rings. The van der Waals surface area contributed by atoms with E-state index in [0.29, 0.717) is 22.9 Å². The molecule has 152 valence electrons. The molecule has 0 radical (unpaired) electrons. The van der Waals surface area contributed by atoms with Gasteiger partial charge in [-0.25, -0.2) is 4.79 Å². The van der Waals surface area contributed by atoms with Crippen LogP contribution in [-0.4, -0.2) is 41.6 Å². The highest BCUT2D eigenvalue weighted by Gasteiger charge is 2.49. The van der Waals surface area contributed by atoms with Crippen molar-refractivity contribution in [1.82, 2.24) is 15.5 Å². The van der Waals surface area contributed by atoms with E-state index in [9.17, 15) is 14.4 Å². The Labute approximate surface area is 186 Å². The van der Waals surface area contributed by atoms with Gasteiger partial charge in [-0.1, -0.05) is 39.7 Å². The Morgan fingerprint density at radius 3 is 2.66 bits per heavy atom. The van der Waals surface area contributed by atoms with Gasteiger partial charge in [-0.05, 0) is 48.9 Å². The van der Waals surface area contributed by atoms with E-state index in [-0.39, 0.29) is 12.5 Å². The van der Waals surface area contributed by atoms with Crippen molar-refractivity contribution in [2.24, 2.45) is 0 Å². The minimum Gasteiger partial charge on any atom is -0.354 e. The second-order valence-corrected chi connectivity index (χ2v) is 9.13. The maximum Gasteiger partial charge on any atom is 0.325 e. The number of carbonyl (C=O) groups is 3. The third kappa shape index (κ3) is 5.12. The third-order valence-electron chi connectivity index (χ3n) is 4.49. The van der Waals surface area contributed by atoms with Crippen LogP contribution in [0.25, 0.3) is 0 Å². The fourth-order valence-electron chi connectivity index (χ4n) is 2.93. The summed E-state index contributed by atoms with van der Waals surface area (Å²) in [5.41, 5.74) is -0.557. The number of carbonyl (C=O) groups excluding carboxylic acids is 3. The molecule has 1 aliphatic heterocycles. The zero-order chi connectivity index (χ0) is 21.0. The summed E-state index contributed by atoms with van der Waals surface area (Å²) >= 11 is 10.8. The Kier molecular flexibility index (Phi) is 6.87. The van der Waals surface area contributed by atoms with Gasteiger partial charge in [-0.15, -0.1) is 11.8 Å². The van der Waals surface area contributed by atoms with E-state index in [2.05, 4.69) is 26.6 Å². The minimum absolute atomic E-state index is 0.320. The highest BCUT2D eigenvalue weighted by Crippen LogP contribution is 2.30. The smallest absolute Gasteiger partial charge is 0.325 e. The van der Waals surface area contributed by atoms with E-state index in [4.69, 9.17) is 11.6 Å². The second kappa shape index (κ2) is 9.19. The first kappa shape index (κ1) is 21.7. The van der Waals surface area contributed by atoms with Crippen LogP contribution in [0, 0.1) is 0 Å². The van der Waals surface area contributed by atoms with Gasteiger partial charge in [-0.3, -0.25) is 14.5 Å². The molecule has 1 heterocycles. The molecule has 29 heavy (non-hydrogen) atoms. The molecule has 2 aromatic rings. The molecule has 0 saturated carbocycles. The predicted molar refractivity (Wildman–Crippen MR) is 117 cm³/mol. The van der Waals surface area contributed by atoms with Crippen molar-refractivity contribution >= 4 is 57.1 Å². The van der Waals surface area contributed by atoms with Crippen molar-refractivity contribution in [2.75, 3.05) is 18.8 Å². The van der Waals surface area contributed by atoms with Crippen molar-refractivity contribution in [3.8, 4) is 0 Å². The molecule has 4 amide bonds. The molecule has 1 saturated heterocycles. The maximum atomic E-state index is 12.9. The van der Waals surface area contributed by atoms with Crippen LogP contribution in [0.4, 0.5) is 4.79 Å². The Hall–Kier alpha value is -2.03. The lowest BCUT2D eigenvalue weighted by Crippen LogP contribution is -2.43. The summed E-state index contributed by atoms with van der Waals surface area (Å²) in [6, 6.07) is 14.0. The molecule has 1 aliphatic rings. The predicted octanol–water partition coefficient (Wildman–Crippen LogP) is 3.78. The first-order chi connectivity index (χ1) is 13.8. The summed E-state index contributed by atoms with van der Waals surface area (Å²) in [7, 11) is 0. The van der Waals surface area contributed by atoms with Crippen LogP contribution >= 0.6 is 39.3 Å². The zero-order valence-corrected chi connectivity index (χ0v) is 18.7. The summed E-state index contributed by atoms with van der Waals surface area (Å²) in [5.74, 6) is -0.182. The Bertz CT molecular complexity index is 941. The number of imide groups is 1. The van der Waals surface area contributed by atoms with Crippen molar-refractivity contribution in [2.45, 2.75) is 17.4 Å². The minimum atomic E-state index is -1.20. The standard InChI is InChI=1S/C20H19BrClN3O3S/c1-20(13-3-2-4-14(21)11-13)18(27)25(19(28)24-20)12-17(26)23-9-10-29-16-7-5-15(22)6-8-16/h2-8,11H,9-10,12H2,1H3,(H,23,26)(H,24,28). The van der Waals surface area contributed by atoms with Crippen LogP contribution in [0.1, 0.15) is 12.5 Å². The lowest BCUT2D eigenvalue weighted by atomic mass is 9.92. The Balaban J connectivity index is 1.53. The number of halogens is 2. The molecular formula is C20H19BrClN3O3S. The van der Waals surface area contributed by atoms with E-state index < -0.39 is 17.5 Å². The van der Waals surface area contributed by atoms with Gasteiger partial charge in [0.05, 0.1) is 0 Å². The Morgan fingerprint density at radius 2 is 1.97 bits per heavy atom. The molecule has 0 bridgehead atoms. The van der Waals surface area contributed by atoms with Crippen molar-refractivity contribution in [3.63, 3.8) is 0 Å². The average Bonchev–Trinajstić information content (AvgIpc) is 2.91. The maximum absolute atomic E-state index is 12.9. The van der Waals surface area contributed by atoms with Crippen molar-refractivity contribution in [1.29, 1.82) is 0 Å². The van der Waals surface area contributed by atoms with E-state index in [0.717, 1.165) is 14.3 Å². The van der Waals surface area contributed by atoms with Gasteiger partial charge in [0, 0.05) is 26.7 Å². The first-order valence-corrected chi connectivity index (χ1v) is 11.0. The second-order valence-electron chi connectivity index (χ2n) is 6.61. The average molecular weight is 497 g/mol. The van der Waals surface area contributed by atoms with Gasteiger partial charge < -0.3 is 10.6 Å². The van der Waals surface area contributed by atoms with Crippen LogP contribution in [0.3, 0.4) is 0 Å². The molecule has 9 heteroatoms. The number of rotatable bonds is 7. The molecule has 2 aromatic carbocycles. The normalized spacial score (nSPS) is 18.7. The lowest BCUT2D eigenvalue weighted by Gasteiger charge is -2.22. The fraction of sp³-hybridized carbons (Fsp3) is 0.250. The van der Waals surface area contributed by atoms with Crippen LogP contribution in [0.2, 0.25) is 5.02 Å². The van der Waals surface area contributed by atoms with Crippen LogP contribution in [-0.2, 0) is 15.1 Å². The molecule has 3 rings (SSSR count). The van der Waals surface area contributed by atoms with Gasteiger partial charge >= 0.3 is 6.03 Å². The van der Waals surface area contributed by atoms with Crippen LogP contribution in [0.15, 0.2) is 57.9 Å². The number of urea groups is 1.